The monoisotopic (exact) mass is 380 g/mol. The maximum Gasteiger partial charge on any atom is 0.248 e. The van der Waals surface area contributed by atoms with Gasteiger partial charge in [-0.15, -0.1) is 0 Å². The van der Waals surface area contributed by atoms with Crippen molar-refractivity contribution in [3.63, 3.8) is 0 Å². The summed E-state index contributed by atoms with van der Waals surface area (Å²) in [5.74, 6) is 0.928. The summed E-state index contributed by atoms with van der Waals surface area (Å²) in [6.07, 6.45) is 2.06. The number of carbonyl (C=O) groups is 1. The lowest BCUT2D eigenvalue weighted by atomic mass is 10.0. The lowest BCUT2D eigenvalue weighted by Gasteiger charge is -2.12. The molecular formula is C23H32N4O. The zero-order chi connectivity index (χ0) is 20.4. The summed E-state index contributed by atoms with van der Waals surface area (Å²) in [4.78, 5) is 15.9. The first-order chi connectivity index (χ1) is 13.5. The molecule has 0 radical (unpaired) electrons. The fraction of sp³-hybridized carbons (Fsp3) is 0.391. The van der Waals surface area contributed by atoms with Crippen LogP contribution in [-0.2, 0) is 13.0 Å². The molecule has 2 aromatic rings. The van der Waals surface area contributed by atoms with Crippen LogP contribution in [0.5, 0.6) is 0 Å². The predicted molar refractivity (Wildman–Crippen MR) is 117 cm³/mol. The van der Waals surface area contributed by atoms with E-state index in [0.717, 1.165) is 37.5 Å². The van der Waals surface area contributed by atoms with E-state index in [0.29, 0.717) is 18.0 Å². The SMILES string of the molecule is CCNC(=NCc1cccc(C(N)=O)c1)NCCCc1ccc(C(C)C)cc1. The Morgan fingerprint density at radius 3 is 2.46 bits per heavy atom. The van der Waals surface area contributed by atoms with E-state index in [1.165, 1.54) is 11.1 Å². The number of nitrogens with two attached hydrogens (primary N) is 1. The highest BCUT2D eigenvalue weighted by atomic mass is 16.1. The third-order valence-electron chi connectivity index (χ3n) is 4.56. The largest absolute Gasteiger partial charge is 0.366 e. The van der Waals surface area contributed by atoms with E-state index in [1.807, 2.05) is 19.1 Å². The van der Waals surface area contributed by atoms with Gasteiger partial charge in [0.05, 0.1) is 6.54 Å². The Morgan fingerprint density at radius 1 is 1.07 bits per heavy atom. The second kappa shape index (κ2) is 11.1. The molecule has 5 heteroatoms. The van der Waals surface area contributed by atoms with Crippen LogP contribution in [0, 0.1) is 0 Å². The van der Waals surface area contributed by atoms with Crippen LogP contribution in [0.25, 0.3) is 0 Å². The summed E-state index contributed by atoms with van der Waals surface area (Å²) in [6, 6.07) is 16.2. The molecule has 0 aliphatic carbocycles. The Morgan fingerprint density at radius 2 is 1.82 bits per heavy atom. The summed E-state index contributed by atoms with van der Waals surface area (Å²) in [6.45, 7) is 8.60. The molecule has 0 atom stereocenters. The van der Waals surface area contributed by atoms with Crippen LogP contribution < -0.4 is 16.4 Å². The highest BCUT2D eigenvalue weighted by Crippen LogP contribution is 2.15. The number of primary amides is 1. The van der Waals surface area contributed by atoms with Gasteiger partial charge >= 0.3 is 0 Å². The van der Waals surface area contributed by atoms with E-state index in [1.54, 1.807) is 12.1 Å². The van der Waals surface area contributed by atoms with Crippen LogP contribution in [0.2, 0.25) is 0 Å². The molecule has 0 spiro atoms. The van der Waals surface area contributed by atoms with Crippen molar-refractivity contribution in [1.82, 2.24) is 10.6 Å². The molecule has 0 saturated carbocycles. The summed E-state index contributed by atoms with van der Waals surface area (Å²) >= 11 is 0. The van der Waals surface area contributed by atoms with Crippen LogP contribution in [-0.4, -0.2) is 25.0 Å². The maximum atomic E-state index is 11.3. The Balaban J connectivity index is 1.84. The van der Waals surface area contributed by atoms with Crippen LogP contribution in [0.1, 0.15) is 60.2 Å². The standard InChI is InChI=1S/C23H32N4O/c1-4-25-23(27-16-19-7-5-9-21(15-19)22(24)28)26-14-6-8-18-10-12-20(13-11-18)17(2)3/h5,7,9-13,15,17H,4,6,8,14,16H2,1-3H3,(H2,24,28)(H2,25,26,27). The molecule has 0 fully saturated rings. The molecule has 2 rings (SSSR count). The number of aliphatic imine (C=N–C) groups is 1. The van der Waals surface area contributed by atoms with Gasteiger partial charge in [-0.05, 0) is 54.5 Å². The molecule has 1 amide bonds. The number of rotatable bonds is 9. The highest BCUT2D eigenvalue weighted by Gasteiger charge is 2.03. The average molecular weight is 381 g/mol. The molecule has 0 saturated heterocycles. The van der Waals surface area contributed by atoms with Crippen molar-refractivity contribution in [2.75, 3.05) is 13.1 Å². The van der Waals surface area contributed by atoms with Gasteiger partial charge in [-0.2, -0.15) is 0 Å². The molecule has 0 unspecified atom stereocenters. The Hall–Kier alpha value is -2.82. The molecule has 5 nitrogen and oxygen atoms in total. The molecule has 4 N–H and O–H groups in total. The Labute approximate surface area is 168 Å². The van der Waals surface area contributed by atoms with Crippen molar-refractivity contribution in [2.45, 2.75) is 46.1 Å². The van der Waals surface area contributed by atoms with Gasteiger partial charge in [-0.3, -0.25) is 4.79 Å². The van der Waals surface area contributed by atoms with Crippen molar-refractivity contribution < 1.29 is 4.79 Å². The number of nitrogens with one attached hydrogen (secondary N) is 2. The number of hydrogen-bond acceptors (Lipinski definition) is 2. The van der Waals surface area contributed by atoms with E-state index < -0.39 is 5.91 Å². The van der Waals surface area contributed by atoms with Gasteiger partial charge in [0.15, 0.2) is 5.96 Å². The molecule has 0 aliphatic heterocycles. The van der Waals surface area contributed by atoms with Crippen molar-refractivity contribution in [3.8, 4) is 0 Å². The van der Waals surface area contributed by atoms with Gasteiger partial charge in [-0.25, -0.2) is 4.99 Å². The fourth-order valence-electron chi connectivity index (χ4n) is 2.90. The van der Waals surface area contributed by atoms with Crippen molar-refractivity contribution in [3.05, 3.63) is 70.8 Å². The number of benzene rings is 2. The summed E-state index contributed by atoms with van der Waals surface area (Å²) < 4.78 is 0. The summed E-state index contributed by atoms with van der Waals surface area (Å²) in [7, 11) is 0. The molecule has 0 bridgehead atoms. The van der Waals surface area contributed by atoms with Gasteiger partial charge in [0, 0.05) is 18.7 Å². The number of nitrogens with zero attached hydrogens (tertiary/aromatic N) is 1. The second-order valence-corrected chi connectivity index (χ2v) is 7.19. The topological polar surface area (TPSA) is 79.5 Å². The first-order valence-electron chi connectivity index (χ1n) is 9.99. The Bertz CT molecular complexity index is 781. The van der Waals surface area contributed by atoms with Gasteiger partial charge in [0.25, 0.3) is 0 Å². The quantitative estimate of drug-likeness (QED) is 0.353. The van der Waals surface area contributed by atoms with Crippen LogP contribution in [0.15, 0.2) is 53.5 Å². The minimum atomic E-state index is -0.419. The smallest absolute Gasteiger partial charge is 0.248 e. The van der Waals surface area contributed by atoms with E-state index >= 15 is 0 Å². The lowest BCUT2D eigenvalue weighted by Crippen LogP contribution is -2.37. The average Bonchev–Trinajstić information content (AvgIpc) is 2.69. The summed E-state index contributed by atoms with van der Waals surface area (Å²) in [5.41, 5.74) is 9.54. The number of guanidine groups is 1. The molecule has 150 valence electrons. The van der Waals surface area contributed by atoms with E-state index in [4.69, 9.17) is 5.73 Å². The van der Waals surface area contributed by atoms with Gasteiger partial charge in [0.1, 0.15) is 0 Å². The van der Waals surface area contributed by atoms with Gasteiger partial charge < -0.3 is 16.4 Å². The second-order valence-electron chi connectivity index (χ2n) is 7.19. The van der Waals surface area contributed by atoms with Crippen molar-refractivity contribution in [1.29, 1.82) is 0 Å². The zero-order valence-corrected chi connectivity index (χ0v) is 17.2. The highest BCUT2D eigenvalue weighted by molar-refractivity contribution is 5.92. The Kier molecular flexibility index (Phi) is 8.53. The van der Waals surface area contributed by atoms with E-state index in [-0.39, 0.29) is 0 Å². The van der Waals surface area contributed by atoms with Crippen molar-refractivity contribution in [2.24, 2.45) is 10.7 Å². The fourth-order valence-corrected chi connectivity index (χ4v) is 2.90. The van der Waals surface area contributed by atoms with Crippen molar-refractivity contribution >= 4 is 11.9 Å². The number of amides is 1. The first kappa shape index (κ1) is 21.5. The zero-order valence-electron chi connectivity index (χ0n) is 17.2. The molecular weight excluding hydrogens is 348 g/mol. The van der Waals surface area contributed by atoms with Crippen LogP contribution >= 0.6 is 0 Å². The normalized spacial score (nSPS) is 11.5. The molecule has 2 aromatic carbocycles. The van der Waals surface area contributed by atoms with Gasteiger partial charge in [-0.1, -0.05) is 50.2 Å². The lowest BCUT2D eigenvalue weighted by molar-refractivity contribution is 0.1000. The third kappa shape index (κ3) is 7.06. The van der Waals surface area contributed by atoms with E-state index in [2.05, 4.69) is 53.7 Å². The van der Waals surface area contributed by atoms with E-state index in [9.17, 15) is 4.79 Å². The predicted octanol–water partition coefficient (Wildman–Crippen LogP) is 3.60. The third-order valence-corrected chi connectivity index (χ3v) is 4.56. The number of carbonyl (C=O) groups excluding carboxylic acids is 1. The first-order valence-corrected chi connectivity index (χ1v) is 9.99. The molecule has 0 aromatic heterocycles. The van der Waals surface area contributed by atoms with Gasteiger partial charge in [0.2, 0.25) is 5.91 Å². The molecule has 0 heterocycles. The summed E-state index contributed by atoms with van der Waals surface area (Å²) in [5, 5.41) is 6.63. The molecule has 28 heavy (non-hydrogen) atoms. The minimum absolute atomic E-state index is 0.419. The number of aryl methyl sites for hydroxylation is 1. The molecule has 0 aliphatic rings. The van der Waals surface area contributed by atoms with Crippen LogP contribution in [0.3, 0.4) is 0 Å². The number of hydrogen-bond donors (Lipinski definition) is 3. The van der Waals surface area contributed by atoms with Crippen LogP contribution in [0.4, 0.5) is 0 Å². The minimum Gasteiger partial charge on any atom is -0.366 e. The maximum absolute atomic E-state index is 11.3.